The number of aryl methyl sites for hydroxylation is 1. The number of hydrogen-bond acceptors (Lipinski definition) is 7. The molecule has 178 valence electrons. The van der Waals surface area contributed by atoms with Crippen molar-refractivity contribution >= 4 is 56.8 Å². The molecule has 3 aromatic rings. The number of aromatic nitrogens is 1. The van der Waals surface area contributed by atoms with E-state index in [1.165, 1.54) is 35.8 Å². The van der Waals surface area contributed by atoms with Crippen molar-refractivity contribution in [2.45, 2.75) is 19.4 Å². The summed E-state index contributed by atoms with van der Waals surface area (Å²) in [7, 11) is 2.89. The average molecular weight is 500 g/mol. The Labute approximate surface area is 205 Å². The van der Waals surface area contributed by atoms with Crippen molar-refractivity contribution in [3.8, 4) is 5.75 Å². The summed E-state index contributed by atoms with van der Waals surface area (Å²) in [4.78, 5) is 43.8. The first-order valence-corrected chi connectivity index (χ1v) is 12.7. The minimum Gasteiger partial charge on any atom is -0.497 e. The molecule has 0 bridgehead atoms. The molecule has 2 aromatic carbocycles. The van der Waals surface area contributed by atoms with Crippen LogP contribution in [-0.2, 0) is 32.1 Å². The van der Waals surface area contributed by atoms with E-state index < -0.39 is 5.97 Å². The Hall–Kier alpha value is -3.11. The van der Waals surface area contributed by atoms with Crippen LogP contribution in [0.3, 0.4) is 0 Å². The van der Waals surface area contributed by atoms with Crippen LogP contribution in [0, 0.1) is 0 Å². The van der Waals surface area contributed by atoms with Gasteiger partial charge in [-0.25, -0.2) is 0 Å². The Kier molecular flexibility index (Phi) is 7.69. The average Bonchev–Trinajstić information content (AvgIpc) is 3.18. The highest BCUT2D eigenvalue weighted by molar-refractivity contribution is 8.00. The topological polar surface area (TPSA) is 90.2 Å². The summed E-state index contributed by atoms with van der Waals surface area (Å²) in [5.41, 5.74) is 2.89. The number of ether oxygens (including phenoxy) is 2. The van der Waals surface area contributed by atoms with Crippen LogP contribution in [0.15, 0.2) is 47.5 Å². The van der Waals surface area contributed by atoms with Gasteiger partial charge in [-0.15, -0.1) is 11.8 Å². The number of thiazole rings is 1. The summed E-state index contributed by atoms with van der Waals surface area (Å²) in [6.07, 6.45) is 1.90. The van der Waals surface area contributed by atoms with E-state index in [0.717, 1.165) is 28.7 Å². The van der Waals surface area contributed by atoms with Crippen LogP contribution in [0.4, 0.5) is 5.69 Å². The number of nitrogens with zero attached hydrogens (tertiary/aromatic N) is 3. The number of amides is 2. The Balaban J connectivity index is 1.46. The first kappa shape index (κ1) is 24.0. The van der Waals surface area contributed by atoms with Crippen LogP contribution in [-0.4, -0.2) is 54.6 Å². The van der Waals surface area contributed by atoms with Crippen molar-refractivity contribution in [2.75, 3.05) is 37.2 Å². The van der Waals surface area contributed by atoms with E-state index in [4.69, 9.17) is 9.47 Å². The molecule has 0 saturated heterocycles. The molecule has 2 heterocycles. The number of thioether (sulfide) groups is 1. The summed E-state index contributed by atoms with van der Waals surface area (Å²) in [6, 6.07) is 13.4. The van der Waals surface area contributed by atoms with E-state index >= 15 is 0 Å². The van der Waals surface area contributed by atoms with Crippen molar-refractivity contribution in [3.63, 3.8) is 0 Å². The van der Waals surface area contributed by atoms with Crippen molar-refractivity contribution in [3.05, 3.63) is 52.8 Å². The maximum atomic E-state index is 12.8. The molecule has 0 aliphatic carbocycles. The normalized spacial score (nSPS) is 13.6. The second-order valence-corrected chi connectivity index (χ2v) is 9.65. The summed E-state index contributed by atoms with van der Waals surface area (Å²) < 4.78 is 12.6. The SMILES string of the molecule is COC(=O)Cn1c(=NC(=O)CSCC(=O)N2CCCc3ccccc32)sc2cc(OC)ccc21. The molecule has 0 atom stereocenters. The molecule has 0 fully saturated rings. The van der Waals surface area contributed by atoms with Gasteiger partial charge in [-0.3, -0.25) is 14.4 Å². The number of esters is 1. The predicted molar refractivity (Wildman–Crippen MR) is 133 cm³/mol. The molecule has 0 saturated carbocycles. The molecule has 0 unspecified atom stereocenters. The smallest absolute Gasteiger partial charge is 0.325 e. The van der Waals surface area contributed by atoms with Gasteiger partial charge >= 0.3 is 5.97 Å². The van der Waals surface area contributed by atoms with Gasteiger partial charge in [0.15, 0.2) is 4.80 Å². The summed E-state index contributed by atoms with van der Waals surface area (Å²) in [6.45, 7) is 0.627. The Morgan fingerprint density at radius 1 is 1.12 bits per heavy atom. The first-order chi connectivity index (χ1) is 16.5. The number of anilines is 1. The van der Waals surface area contributed by atoms with Crippen LogP contribution in [0.5, 0.6) is 5.75 Å². The lowest BCUT2D eigenvalue weighted by molar-refractivity contribution is -0.141. The summed E-state index contributed by atoms with van der Waals surface area (Å²) >= 11 is 2.54. The van der Waals surface area contributed by atoms with E-state index in [-0.39, 0.29) is 29.9 Å². The summed E-state index contributed by atoms with van der Waals surface area (Å²) in [5.74, 6) is 0.114. The van der Waals surface area contributed by atoms with Crippen molar-refractivity contribution in [1.29, 1.82) is 0 Å². The number of fused-ring (bicyclic) bond motifs is 2. The lowest BCUT2D eigenvalue weighted by Gasteiger charge is -2.29. The van der Waals surface area contributed by atoms with Gasteiger partial charge in [-0.2, -0.15) is 4.99 Å². The van der Waals surface area contributed by atoms with E-state index in [9.17, 15) is 14.4 Å². The van der Waals surface area contributed by atoms with E-state index in [1.807, 2.05) is 30.3 Å². The van der Waals surface area contributed by atoms with Crippen molar-refractivity contribution < 1.29 is 23.9 Å². The van der Waals surface area contributed by atoms with Gasteiger partial charge in [0, 0.05) is 12.2 Å². The molecule has 0 spiro atoms. The zero-order valence-corrected chi connectivity index (χ0v) is 20.6. The quantitative estimate of drug-likeness (QED) is 0.464. The third-order valence-electron chi connectivity index (χ3n) is 5.49. The highest BCUT2D eigenvalue weighted by Crippen LogP contribution is 2.27. The lowest BCUT2D eigenvalue weighted by atomic mass is 10.0. The number of carbonyl (C=O) groups is 3. The van der Waals surface area contributed by atoms with Gasteiger partial charge in [-0.05, 0) is 42.7 Å². The molecule has 10 heteroatoms. The monoisotopic (exact) mass is 499 g/mol. The highest BCUT2D eigenvalue weighted by Gasteiger charge is 2.22. The number of rotatable bonds is 7. The first-order valence-electron chi connectivity index (χ1n) is 10.8. The minimum atomic E-state index is -0.439. The maximum Gasteiger partial charge on any atom is 0.325 e. The third-order valence-corrected chi connectivity index (χ3v) is 7.43. The second kappa shape index (κ2) is 10.9. The largest absolute Gasteiger partial charge is 0.497 e. The summed E-state index contributed by atoms with van der Waals surface area (Å²) in [5, 5.41) is 0. The van der Waals surface area contributed by atoms with Crippen LogP contribution in [0.25, 0.3) is 10.2 Å². The van der Waals surface area contributed by atoms with E-state index in [1.54, 1.807) is 22.6 Å². The molecule has 8 nitrogen and oxygen atoms in total. The Bertz CT molecular complexity index is 1300. The fourth-order valence-electron chi connectivity index (χ4n) is 3.85. The maximum absolute atomic E-state index is 12.8. The zero-order valence-electron chi connectivity index (χ0n) is 19.0. The molecule has 0 N–H and O–H groups in total. The van der Waals surface area contributed by atoms with Gasteiger partial charge in [0.2, 0.25) is 5.91 Å². The molecular formula is C24H25N3O5S2. The number of benzene rings is 2. The zero-order chi connectivity index (χ0) is 24.1. The Morgan fingerprint density at radius 3 is 2.74 bits per heavy atom. The molecule has 0 radical (unpaired) electrons. The fraction of sp³-hybridized carbons (Fsp3) is 0.333. The third kappa shape index (κ3) is 5.34. The molecule has 1 aliphatic heterocycles. The predicted octanol–water partition coefficient (Wildman–Crippen LogP) is 3.02. The highest BCUT2D eigenvalue weighted by atomic mass is 32.2. The lowest BCUT2D eigenvalue weighted by Crippen LogP contribution is -2.36. The van der Waals surface area contributed by atoms with Crippen LogP contribution in [0.1, 0.15) is 12.0 Å². The van der Waals surface area contributed by atoms with Crippen molar-refractivity contribution in [1.82, 2.24) is 4.57 Å². The standard InChI is InChI=1S/C24H25N3O5S2/c1-31-17-9-10-19-20(12-17)34-24(27(19)13-23(30)32-2)25-21(28)14-33-15-22(29)26-11-5-7-16-6-3-4-8-18(16)26/h3-4,6,8-10,12H,5,7,11,13-15H2,1-2H3. The molecule has 4 rings (SSSR count). The fourth-order valence-corrected chi connectivity index (χ4v) is 5.59. The van der Waals surface area contributed by atoms with Gasteiger partial charge in [-0.1, -0.05) is 29.5 Å². The van der Waals surface area contributed by atoms with Gasteiger partial charge < -0.3 is 18.9 Å². The van der Waals surface area contributed by atoms with Crippen LogP contribution < -0.4 is 14.4 Å². The number of hydrogen-bond donors (Lipinski definition) is 0. The van der Waals surface area contributed by atoms with Crippen LogP contribution >= 0.6 is 23.1 Å². The molecule has 34 heavy (non-hydrogen) atoms. The van der Waals surface area contributed by atoms with Gasteiger partial charge in [0.25, 0.3) is 5.91 Å². The van der Waals surface area contributed by atoms with Gasteiger partial charge in [0.05, 0.1) is 35.9 Å². The van der Waals surface area contributed by atoms with Crippen molar-refractivity contribution in [2.24, 2.45) is 4.99 Å². The number of para-hydroxylation sites is 1. The van der Waals surface area contributed by atoms with Gasteiger partial charge in [0.1, 0.15) is 12.3 Å². The second-order valence-electron chi connectivity index (χ2n) is 7.66. The van der Waals surface area contributed by atoms with E-state index in [2.05, 4.69) is 11.1 Å². The van der Waals surface area contributed by atoms with Crippen LogP contribution in [0.2, 0.25) is 0 Å². The number of methoxy groups -OCH3 is 2. The number of carbonyl (C=O) groups excluding carboxylic acids is 3. The molecule has 1 aliphatic rings. The Morgan fingerprint density at radius 2 is 1.94 bits per heavy atom. The molecule has 1 aromatic heterocycles. The van der Waals surface area contributed by atoms with E-state index in [0.29, 0.717) is 17.1 Å². The minimum absolute atomic E-state index is 0.0142. The molecule has 2 amide bonds. The molecular weight excluding hydrogens is 474 g/mol.